The van der Waals surface area contributed by atoms with Gasteiger partial charge in [-0.1, -0.05) is 25.5 Å². The highest BCUT2D eigenvalue weighted by Gasteiger charge is 2.14. The Balaban J connectivity index is 2.36. The molecular weight excluding hydrogens is 278 g/mol. The van der Waals surface area contributed by atoms with Gasteiger partial charge in [-0.05, 0) is 30.5 Å². The van der Waals surface area contributed by atoms with E-state index in [4.69, 9.17) is 5.73 Å². The molecule has 6 heteroatoms. The number of nitrogens with one attached hydrogen (secondary N) is 1. The number of alkyl halides is 2. The third kappa shape index (κ3) is 6.53. The second-order valence-corrected chi connectivity index (χ2v) is 4.78. The first kappa shape index (κ1) is 17.4. The number of ether oxygens (including phenoxy) is 1. The van der Waals surface area contributed by atoms with Crippen molar-refractivity contribution in [3.63, 3.8) is 0 Å². The molecule has 0 aliphatic rings. The van der Waals surface area contributed by atoms with Crippen LogP contribution in [0.5, 0.6) is 5.75 Å². The molecule has 0 saturated carbocycles. The summed E-state index contributed by atoms with van der Waals surface area (Å²) in [6.07, 6.45) is 2.33. The van der Waals surface area contributed by atoms with Crippen molar-refractivity contribution in [2.45, 2.75) is 32.8 Å². The lowest BCUT2D eigenvalue weighted by atomic mass is 10.0. The fraction of sp³-hybridized carbons (Fsp3) is 0.533. The Kier molecular flexibility index (Phi) is 7.68. The number of amides is 1. The SMILES string of the molecule is CCCC(CN)C(=O)NCCc1ccc(OC(F)F)cc1. The van der Waals surface area contributed by atoms with Crippen LogP contribution in [0, 0.1) is 5.92 Å². The Bertz CT molecular complexity index is 424. The van der Waals surface area contributed by atoms with Gasteiger partial charge in [0.05, 0.1) is 5.92 Å². The standard InChI is InChI=1S/C15H22F2N2O2/c1-2-3-12(10-18)14(20)19-9-8-11-4-6-13(7-5-11)21-15(16)17/h4-7,12,15H,2-3,8-10,18H2,1H3,(H,19,20). The van der Waals surface area contributed by atoms with Crippen molar-refractivity contribution in [3.8, 4) is 5.75 Å². The van der Waals surface area contributed by atoms with Crippen LogP contribution in [0.4, 0.5) is 8.78 Å². The molecule has 0 fully saturated rings. The van der Waals surface area contributed by atoms with E-state index in [0.29, 0.717) is 19.5 Å². The summed E-state index contributed by atoms with van der Waals surface area (Å²) in [6.45, 7) is 0.0359. The van der Waals surface area contributed by atoms with E-state index in [0.717, 1.165) is 18.4 Å². The summed E-state index contributed by atoms with van der Waals surface area (Å²) in [6, 6.07) is 6.39. The van der Waals surface area contributed by atoms with Gasteiger partial charge in [-0.25, -0.2) is 0 Å². The fourth-order valence-corrected chi connectivity index (χ4v) is 2.02. The van der Waals surface area contributed by atoms with Crippen molar-refractivity contribution in [1.82, 2.24) is 5.32 Å². The second-order valence-electron chi connectivity index (χ2n) is 4.78. The topological polar surface area (TPSA) is 64.4 Å². The molecule has 0 radical (unpaired) electrons. The molecule has 1 amide bonds. The molecule has 21 heavy (non-hydrogen) atoms. The average Bonchev–Trinajstić information content (AvgIpc) is 2.46. The Morgan fingerprint density at radius 1 is 1.33 bits per heavy atom. The van der Waals surface area contributed by atoms with Crippen LogP contribution >= 0.6 is 0 Å². The molecule has 0 saturated heterocycles. The predicted molar refractivity (Wildman–Crippen MR) is 77.2 cm³/mol. The molecule has 1 aromatic rings. The van der Waals surface area contributed by atoms with E-state index in [-0.39, 0.29) is 17.6 Å². The third-order valence-corrected chi connectivity index (χ3v) is 3.15. The van der Waals surface area contributed by atoms with E-state index in [2.05, 4.69) is 10.1 Å². The molecule has 0 bridgehead atoms. The first-order valence-corrected chi connectivity index (χ1v) is 7.08. The van der Waals surface area contributed by atoms with Crippen LogP contribution in [0.2, 0.25) is 0 Å². The summed E-state index contributed by atoms with van der Waals surface area (Å²) < 4.78 is 28.3. The van der Waals surface area contributed by atoms with Gasteiger partial charge in [-0.2, -0.15) is 8.78 Å². The maximum absolute atomic E-state index is 12.0. The molecule has 4 nitrogen and oxygen atoms in total. The summed E-state index contributed by atoms with van der Waals surface area (Å²) in [4.78, 5) is 11.8. The number of hydrogen-bond donors (Lipinski definition) is 2. The van der Waals surface area contributed by atoms with Crippen LogP contribution in [-0.4, -0.2) is 25.6 Å². The van der Waals surface area contributed by atoms with Crippen molar-refractivity contribution >= 4 is 5.91 Å². The van der Waals surface area contributed by atoms with E-state index in [9.17, 15) is 13.6 Å². The van der Waals surface area contributed by atoms with Crippen LogP contribution < -0.4 is 15.8 Å². The van der Waals surface area contributed by atoms with Crippen LogP contribution in [0.1, 0.15) is 25.3 Å². The van der Waals surface area contributed by atoms with Crippen LogP contribution in [0.25, 0.3) is 0 Å². The van der Waals surface area contributed by atoms with Gasteiger partial charge in [0, 0.05) is 13.1 Å². The lowest BCUT2D eigenvalue weighted by molar-refractivity contribution is -0.124. The minimum atomic E-state index is -2.82. The molecule has 1 rings (SSSR count). The molecule has 0 aliphatic carbocycles. The Hall–Kier alpha value is -1.69. The summed E-state index contributed by atoms with van der Waals surface area (Å²) in [5.74, 6) is -0.0438. The highest BCUT2D eigenvalue weighted by Crippen LogP contribution is 2.15. The average molecular weight is 300 g/mol. The quantitative estimate of drug-likeness (QED) is 0.735. The van der Waals surface area contributed by atoms with Crippen LogP contribution in [-0.2, 0) is 11.2 Å². The molecule has 118 valence electrons. The second kappa shape index (κ2) is 9.28. The van der Waals surface area contributed by atoms with Gasteiger partial charge in [0.15, 0.2) is 0 Å². The number of benzene rings is 1. The maximum Gasteiger partial charge on any atom is 0.387 e. The molecule has 1 aromatic carbocycles. The number of rotatable bonds is 9. The molecular formula is C15H22F2N2O2. The number of carbonyl (C=O) groups is 1. The minimum absolute atomic E-state index is 0.0306. The van der Waals surface area contributed by atoms with Crippen molar-refractivity contribution in [1.29, 1.82) is 0 Å². The third-order valence-electron chi connectivity index (χ3n) is 3.15. The zero-order valence-electron chi connectivity index (χ0n) is 12.1. The van der Waals surface area contributed by atoms with E-state index < -0.39 is 6.61 Å². The molecule has 0 heterocycles. The zero-order chi connectivity index (χ0) is 15.7. The molecule has 1 unspecified atom stereocenters. The van der Waals surface area contributed by atoms with Gasteiger partial charge < -0.3 is 15.8 Å². The van der Waals surface area contributed by atoms with Crippen molar-refractivity contribution in [2.75, 3.05) is 13.1 Å². The van der Waals surface area contributed by atoms with Gasteiger partial charge in [0.25, 0.3) is 0 Å². The number of halogens is 2. The number of hydrogen-bond acceptors (Lipinski definition) is 3. The number of nitrogens with two attached hydrogens (primary N) is 1. The van der Waals surface area contributed by atoms with E-state index >= 15 is 0 Å². The molecule has 0 aliphatic heterocycles. The Morgan fingerprint density at radius 2 is 2.00 bits per heavy atom. The normalized spacial score (nSPS) is 12.2. The van der Waals surface area contributed by atoms with Gasteiger partial charge in [0.1, 0.15) is 5.75 Å². The monoisotopic (exact) mass is 300 g/mol. The Labute approximate surface area is 123 Å². The maximum atomic E-state index is 12.0. The Morgan fingerprint density at radius 3 is 2.52 bits per heavy atom. The molecule has 0 spiro atoms. The zero-order valence-corrected chi connectivity index (χ0v) is 12.1. The lowest BCUT2D eigenvalue weighted by Crippen LogP contribution is -2.36. The minimum Gasteiger partial charge on any atom is -0.435 e. The largest absolute Gasteiger partial charge is 0.435 e. The summed E-state index contributed by atoms with van der Waals surface area (Å²) in [5, 5.41) is 2.84. The van der Waals surface area contributed by atoms with E-state index in [1.165, 1.54) is 12.1 Å². The smallest absolute Gasteiger partial charge is 0.387 e. The van der Waals surface area contributed by atoms with E-state index in [1.807, 2.05) is 6.92 Å². The van der Waals surface area contributed by atoms with E-state index in [1.54, 1.807) is 12.1 Å². The summed E-state index contributed by atoms with van der Waals surface area (Å²) in [5.41, 5.74) is 6.50. The summed E-state index contributed by atoms with van der Waals surface area (Å²) in [7, 11) is 0. The lowest BCUT2D eigenvalue weighted by Gasteiger charge is -2.13. The highest BCUT2D eigenvalue weighted by atomic mass is 19.3. The molecule has 0 aromatic heterocycles. The molecule has 3 N–H and O–H groups in total. The fourth-order valence-electron chi connectivity index (χ4n) is 2.02. The van der Waals surface area contributed by atoms with Crippen molar-refractivity contribution in [2.24, 2.45) is 11.7 Å². The van der Waals surface area contributed by atoms with Gasteiger partial charge in [0.2, 0.25) is 5.91 Å². The van der Waals surface area contributed by atoms with Crippen molar-refractivity contribution in [3.05, 3.63) is 29.8 Å². The highest BCUT2D eigenvalue weighted by molar-refractivity contribution is 5.78. The summed E-state index contributed by atoms with van der Waals surface area (Å²) >= 11 is 0. The van der Waals surface area contributed by atoms with Crippen LogP contribution in [0.15, 0.2) is 24.3 Å². The van der Waals surface area contributed by atoms with Gasteiger partial charge >= 0.3 is 6.61 Å². The molecule has 1 atom stereocenters. The van der Waals surface area contributed by atoms with Crippen molar-refractivity contribution < 1.29 is 18.3 Å². The number of carbonyl (C=O) groups excluding carboxylic acids is 1. The van der Waals surface area contributed by atoms with Gasteiger partial charge in [-0.15, -0.1) is 0 Å². The van der Waals surface area contributed by atoms with Crippen LogP contribution in [0.3, 0.4) is 0 Å². The first-order chi connectivity index (χ1) is 10.1. The van der Waals surface area contributed by atoms with Gasteiger partial charge in [-0.3, -0.25) is 4.79 Å². The first-order valence-electron chi connectivity index (χ1n) is 7.08. The predicted octanol–water partition coefficient (Wildman–Crippen LogP) is 2.32.